The molecule has 118 valence electrons. The Morgan fingerprint density at radius 2 is 1.90 bits per heavy atom. The van der Waals surface area contributed by atoms with Gasteiger partial charge in [0.1, 0.15) is 5.82 Å². The molecule has 0 aromatic heterocycles. The topological polar surface area (TPSA) is 15.3 Å². The van der Waals surface area contributed by atoms with Crippen LogP contribution in [0.2, 0.25) is 0 Å². The lowest BCUT2D eigenvalue weighted by Gasteiger charge is -2.40. The van der Waals surface area contributed by atoms with Gasteiger partial charge in [0.15, 0.2) is 0 Å². The van der Waals surface area contributed by atoms with Crippen molar-refractivity contribution < 1.29 is 4.39 Å². The van der Waals surface area contributed by atoms with E-state index in [2.05, 4.69) is 38.0 Å². The lowest BCUT2D eigenvalue weighted by atomic mass is 9.75. The zero-order valence-electron chi connectivity index (χ0n) is 14.0. The van der Waals surface area contributed by atoms with Crippen LogP contribution in [0.3, 0.4) is 0 Å². The second-order valence-corrected chi connectivity index (χ2v) is 7.22. The van der Waals surface area contributed by atoms with Gasteiger partial charge in [-0.05, 0) is 68.8 Å². The maximum Gasteiger partial charge on any atom is 0.123 e. The Bertz CT molecular complexity index is 474. The van der Waals surface area contributed by atoms with E-state index < -0.39 is 0 Å². The summed E-state index contributed by atoms with van der Waals surface area (Å²) in [5.74, 6) is -0.158. The van der Waals surface area contributed by atoms with Crippen LogP contribution < -0.4 is 10.2 Å². The maximum atomic E-state index is 13.6. The van der Waals surface area contributed by atoms with Crippen molar-refractivity contribution in [2.45, 2.75) is 58.5 Å². The summed E-state index contributed by atoms with van der Waals surface area (Å²) in [5, 5.41) is 3.23. The number of nitrogens with zero attached hydrogens (tertiary/aromatic N) is 1. The average molecular weight is 292 g/mol. The van der Waals surface area contributed by atoms with Crippen LogP contribution in [-0.4, -0.2) is 20.1 Å². The Balaban J connectivity index is 2.21. The zero-order valence-corrected chi connectivity index (χ0v) is 14.0. The van der Waals surface area contributed by atoms with Crippen molar-refractivity contribution in [3.63, 3.8) is 0 Å². The van der Waals surface area contributed by atoms with E-state index in [1.165, 1.54) is 25.7 Å². The average Bonchev–Trinajstić information content (AvgIpc) is 2.45. The molecule has 2 rings (SSSR count). The first kappa shape index (κ1) is 16.3. The highest BCUT2D eigenvalue weighted by Crippen LogP contribution is 2.39. The zero-order chi connectivity index (χ0) is 15.6. The van der Waals surface area contributed by atoms with Crippen molar-refractivity contribution in [3.8, 4) is 0 Å². The van der Waals surface area contributed by atoms with Gasteiger partial charge in [-0.25, -0.2) is 4.39 Å². The summed E-state index contributed by atoms with van der Waals surface area (Å²) in [7, 11) is 4.07. The third-order valence-corrected chi connectivity index (χ3v) is 5.13. The molecule has 1 aromatic rings. The van der Waals surface area contributed by atoms with Crippen LogP contribution in [0.5, 0.6) is 0 Å². The van der Waals surface area contributed by atoms with Gasteiger partial charge in [0.25, 0.3) is 0 Å². The van der Waals surface area contributed by atoms with Crippen molar-refractivity contribution in [3.05, 3.63) is 29.6 Å². The minimum atomic E-state index is -0.158. The van der Waals surface area contributed by atoms with Gasteiger partial charge in [-0.1, -0.05) is 13.8 Å². The Morgan fingerprint density at radius 3 is 2.48 bits per heavy atom. The summed E-state index contributed by atoms with van der Waals surface area (Å²) in [6.07, 6.45) is 4.96. The Hall–Kier alpha value is -1.09. The van der Waals surface area contributed by atoms with Gasteiger partial charge in [0, 0.05) is 24.8 Å². The summed E-state index contributed by atoms with van der Waals surface area (Å²) < 4.78 is 13.6. The number of hydrogen-bond donors (Lipinski definition) is 1. The lowest BCUT2D eigenvalue weighted by molar-refractivity contribution is 0.222. The second-order valence-electron chi connectivity index (χ2n) is 7.22. The molecule has 1 fully saturated rings. The standard InChI is InChI=1S/C18H29FN2/c1-13(20-4)16-12-14(19)6-7-17(16)21(5)15-8-10-18(2,3)11-9-15/h6-7,12-13,15,20H,8-11H2,1-5H3. The van der Waals surface area contributed by atoms with Crippen LogP contribution >= 0.6 is 0 Å². The highest BCUT2D eigenvalue weighted by Gasteiger charge is 2.29. The Labute approximate surface area is 128 Å². The molecule has 0 bridgehead atoms. The highest BCUT2D eigenvalue weighted by molar-refractivity contribution is 5.55. The van der Waals surface area contributed by atoms with E-state index in [1.807, 2.05) is 13.1 Å². The molecule has 0 amide bonds. The monoisotopic (exact) mass is 292 g/mol. The molecule has 0 aliphatic heterocycles. The number of nitrogens with one attached hydrogen (secondary N) is 1. The summed E-state index contributed by atoms with van der Waals surface area (Å²) in [6, 6.07) is 5.88. The molecule has 0 radical (unpaired) electrons. The first-order valence-electron chi connectivity index (χ1n) is 8.03. The van der Waals surface area contributed by atoms with Crippen LogP contribution in [0.15, 0.2) is 18.2 Å². The number of rotatable bonds is 4. The molecule has 1 atom stereocenters. The molecule has 1 aliphatic carbocycles. The fourth-order valence-electron chi connectivity index (χ4n) is 3.32. The minimum absolute atomic E-state index is 0.151. The Kier molecular flexibility index (Phi) is 4.92. The van der Waals surface area contributed by atoms with E-state index in [9.17, 15) is 4.39 Å². The molecule has 1 aromatic carbocycles. The van der Waals surface area contributed by atoms with Crippen molar-refractivity contribution in [2.24, 2.45) is 5.41 Å². The van der Waals surface area contributed by atoms with Gasteiger partial charge in [-0.15, -0.1) is 0 Å². The molecule has 1 aliphatic rings. The maximum absolute atomic E-state index is 13.6. The molecular weight excluding hydrogens is 263 g/mol. The third kappa shape index (κ3) is 3.76. The van der Waals surface area contributed by atoms with Gasteiger partial charge in [0.05, 0.1) is 0 Å². The smallest absolute Gasteiger partial charge is 0.123 e. The first-order chi connectivity index (χ1) is 9.84. The molecule has 0 spiro atoms. The third-order valence-electron chi connectivity index (χ3n) is 5.13. The summed E-state index contributed by atoms with van der Waals surface area (Å²) >= 11 is 0. The summed E-state index contributed by atoms with van der Waals surface area (Å²) in [4.78, 5) is 2.36. The van der Waals surface area contributed by atoms with Crippen LogP contribution in [-0.2, 0) is 0 Å². The van der Waals surface area contributed by atoms with Crippen molar-refractivity contribution in [1.82, 2.24) is 5.32 Å². The van der Waals surface area contributed by atoms with Crippen LogP contribution in [0.1, 0.15) is 58.1 Å². The van der Waals surface area contributed by atoms with Crippen LogP contribution in [0.25, 0.3) is 0 Å². The summed E-state index contributed by atoms with van der Waals surface area (Å²) in [5.41, 5.74) is 2.68. The van der Waals surface area contributed by atoms with Crippen LogP contribution in [0.4, 0.5) is 10.1 Å². The fourth-order valence-corrected chi connectivity index (χ4v) is 3.32. The normalized spacial score (nSPS) is 20.3. The van der Waals surface area contributed by atoms with Gasteiger partial charge in [-0.2, -0.15) is 0 Å². The van der Waals surface area contributed by atoms with Crippen molar-refractivity contribution >= 4 is 5.69 Å². The first-order valence-corrected chi connectivity index (χ1v) is 8.03. The van der Waals surface area contributed by atoms with Crippen LogP contribution in [0, 0.1) is 11.2 Å². The summed E-state index contributed by atoms with van der Waals surface area (Å²) in [6.45, 7) is 6.79. The number of benzene rings is 1. The largest absolute Gasteiger partial charge is 0.371 e. The van der Waals surface area contributed by atoms with E-state index in [0.29, 0.717) is 11.5 Å². The van der Waals surface area contributed by atoms with Crippen molar-refractivity contribution in [2.75, 3.05) is 19.0 Å². The van der Waals surface area contributed by atoms with Gasteiger partial charge in [0.2, 0.25) is 0 Å². The molecule has 1 unspecified atom stereocenters. The molecule has 2 nitrogen and oxygen atoms in total. The van der Waals surface area contributed by atoms with Gasteiger partial charge in [-0.3, -0.25) is 0 Å². The number of hydrogen-bond acceptors (Lipinski definition) is 2. The SMILES string of the molecule is CNC(C)c1cc(F)ccc1N(C)C1CCC(C)(C)CC1. The predicted molar refractivity (Wildman–Crippen MR) is 88.3 cm³/mol. The van der Waals surface area contributed by atoms with Crippen molar-refractivity contribution in [1.29, 1.82) is 0 Å². The minimum Gasteiger partial charge on any atom is -0.371 e. The molecule has 0 saturated heterocycles. The second kappa shape index (κ2) is 6.35. The van der Waals surface area contributed by atoms with E-state index in [-0.39, 0.29) is 11.9 Å². The fraction of sp³-hybridized carbons (Fsp3) is 0.667. The number of anilines is 1. The molecule has 1 N–H and O–H groups in total. The molecule has 1 saturated carbocycles. The highest BCUT2D eigenvalue weighted by atomic mass is 19.1. The Morgan fingerprint density at radius 1 is 1.29 bits per heavy atom. The molecular formula is C18H29FN2. The quantitative estimate of drug-likeness (QED) is 0.878. The lowest BCUT2D eigenvalue weighted by Crippen LogP contribution is -2.38. The van der Waals surface area contributed by atoms with E-state index in [4.69, 9.17) is 0 Å². The molecule has 3 heteroatoms. The van der Waals surface area contributed by atoms with E-state index in [1.54, 1.807) is 12.1 Å². The van der Waals surface area contributed by atoms with E-state index in [0.717, 1.165) is 11.3 Å². The van der Waals surface area contributed by atoms with E-state index >= 15 is 0 Å². The molecule has 0 heterocycles. The van der Waals surface area contributed by atoms with Gasteiger partial charge < -0.3 is 10.2 Å². The number of halogens is 1. The van der Waals surface area contributed by atoms with Gasteiger partial charge >= 0.3 is 0 Å². The molecule has 21 heavy (non-hydrogen) atoms. The predicted octanol–water partition coefficient (Wildman–Crippen LogP) is 4.51.